The van der Waals surface area contributed by atoms with Crippen molar-refractivity contribution >= 4 is 0 Å². The molecule has 0 radical (unpaired) electrons. The summed E-state index contributed by atoms with van der Waals surface area (Å²) in [6.07, 6.45) is -7.84. The molecule has 2 aromatic rings. The third kappa shape index (κ3) is 4.41. The van der Waals surface area contributed by atoms with E-state index in [4.69, 9.17) is 14.2 Å². The molecule has 152 valence electrons. The van der Waals surface area contributed by atoms with Crippen LogP contribution in [-0.2, 0) is 11.2 Å². The maximum Gasteiger partial charge on any atom is 0.229 e. The van der Waals surface area contributed by atoms with Crippen LogP contribution in [-0.4, -0.2) is 59.8 Å². The quantitative estimate of drug-likeness (QED) is 0.687. The summed E-state index contributed by atoms with van der Waals surface area (Å²) in [4.78, 5) is 0. The summed E-state index contributed by atoms with van der Waals surface area (Å²) in [6, 6.07) is 11.0. The van der Waals surface area contributed by atoms with Crippen molar-refractivity contribution in [2.24, 2.45) is 0 Å². The Morgan fingerprint density at radius 2 is 1.79 bits per heavy atom. The first-order valence-corrected chi connectivity index (χ1v) is 8.77. The molecule has 1 aliphatic heterocycles. The molecule has 28 heavy (non-hydrogen) atoms. The first-order valence-electron chi connectivity index (χ1n) is 8.77. The van der Waals surface area contributed by atoms with E-state index < -0.39 is 43.2 Å². The number of aliphatic hydroxyl groups excluding tert-OH is 3. The Balaban J connectivity index is 1.81. The van der Waals surface area contributed by atoms with E-state index in [1.54, 1.807) is 19.2 Å². The Bertz CT molecular complexity index is 783. The number of hydrogen-bond donors (Lipinski definition) is 3. The van der Waals surface area contributed by atoms with Gasteiger partial charge in [-0.25, -0.2) is 8.78 Å². The number of aliphatic hydroxyl groups is 3. The fraction of sp³-hybridized carbons (Fsp3) is 0.400. The lowest BCUT2D eigenvalue weighted by Gasteiger charge is -2.38. The normalized spacial score (nSPS) is 27.4. The van der Waals surface area contributed by atoms with Crippen molar-refractivity contribution in [3.63, 3.8) is 0 Å². The second kappa shape index (κ2) is 8.83. The van der Waals surface area contributed by atoms with E-state index in [1.807, 2.05) is 12.1 Å². The topological polar surface area (TPSA) is 88.4 Å². The fourth-order valence-electron chi connectivity index (χ4n) is 3.03. The van der Waals surface area contributed by atoms with Gasteiger partial charge in [-0.2, -0.15) is 0 Å². The van der Waals surface area contributed by atoms with Crippen LogP contribution in [0.2, 0.25) is 0 Å². The van der Waals surface area contributed by atoms with Crippen LogP contribution in [0.4, 0.5) is 8.78 Å². The summed E-state index contributed by atoms with van der Waals surface area (Å²) in [5.41, 5.74) is 1.33. The molecule has 0 aliphatic carbocycles. The van der Waals surface area contributed by atoms with Gasteiger partial charge in [0, 0.05) is 12.0 Å². The summed E-state index contributed by atoms with van der Waals surface area (Å²) < 4.78 is 43.6. The number of alkyl halides is 1. The first kappa shape index (κ1) is 20.5. The highest BCUT2D eigenvalue weighted by atomic mass is 19.1. The predicted octanol–water partition coefficient (Wildman–Crippen LogP) is 1.58. The Labute approximate surface area is 160 Å². The zero-order valence-corrected chi connectivity index (χ0v) is 15.2. The molecule has 1 saturated heterocycles. The molecule has 0 bridgehead atoms. The molecule has 0 spiro atoms. The van der Waals surface area contributed by atoms with Gasteiger partial charge in [0.2, 0.25) is 6.29 Å². The zero-order chi connectivity index (χ0) is 20.3. The molecule has 5 unspecified atom stereocenters. The standard InChI is InChI=1S/C20H22F2O6/c1-26-14-5-2-11(3-6-14)8-12-9-13(21)4-7-15(12)27-20-19(25)18(24)17(22)16(10-23)28-20/h2-7,9,16-20,23-25H,8,10H2,1H3. The summed E-state index contributed by atoms with van der Waals surface area (Å²) in [7, 11) is 1.55. The minimum absolute atomic E-state index is 0.211. The Morgan fingerprint density at radius 1 is 1.07 bits per heavy atom. The van der Waals surface area contributed by atoms with E-state index in [9.17, 15) is 24.1 Å². The molecule has 0 saturated carbocycles. The molecular formula is C20H22F2O6. The Morgan fingerprint density at radius 3 is 2.43 bits per heavy atom. The molecular weight excluding hydrogens is 374 g/mol. The maximum atomic E-state index is 13.9. The third-order valence-corrected chi connectivity index (χ3v) is 4.62. The van der Waals surface area contributed by atoms with Crippen molar-refractivity contribution < 1.29 is 38.3 Å². The van der Waals surface area contributed by atoms with Gasteiger partial charge in [0.15, 0.2) is 6.17 Å². The smallest absolute Gasteiger partial charge is 0.229 e. The van der Waals surface area contributed by atoms with Gasteiger partial charge in [-0.15, -0.1) is 0 Å². The monoisotopic (exact) mass is 396 g/mol. The summed E-state index contributed by atoms with van der Waals surface area (Å²) in [5, 5.41) is 29.1. The van der Waals surface area contributed by atoms with Crippen molar-refractivity contribution in [3.05, 3.63) is 59.4 Å². The van der Waals surface area contributed by atoms with E-state index >= 15 is 0 Å². The lowest BCUT2D eigenvalue weighted by Crippen LogP contribution is -2.58. The zero-order valence-electron chi connectivity index (χ0n) is 15.2. The highest BCUT2D eigenvalue weighted by molar-refractivity contribution is 5.39. The van der Waals surface area contributed by atoms with Gasteiger partial charge in [0.25, 0.3) is 0 Å². The van der Waals surface area contributed by atoms with E-state index in [2.05, 4.69) is 0 Å². The molecule has 3 N–H and O–H groups in total. The van der Waals surface area contributed by atoms with Crippen LogP contribution < -0.4 is 9.47 Å². The average Bonchev–Trinajstić information content (AvgIpc) is 2.70. The Kier molecular flexibility index (Phi) is 6.46. The molecule has 8 heteroatoms. The molecule has 1 fully saturated rings. The van der Waals surface area contributed by atoms with Crippen molar-refractivity contribution in [1.82, 2.24) is 0 Å². The van der Waals surface area contributed by atoms with Crippen LogP contribution >= 0.6 is 0 Å². The molecule has 3 rings (SSSR count). The molecule has 0 aromatic heterocycles. The second-order valence-corrected chi connectivity index (χ2v) is 6.55. The highest BCUT2D eigenvalue weighted by Gasteiger charge is 2.46. The van der Waals surface area contributed by atoms with Crippen LogP contribution in [0, 0.1) is 5.82 Å². The molecule has 6 nitrogen and oxygen atoms in total. The molecule has 5 atom stereocenters. The van der Waals surface area contributed by atoms with Gasteiger partial charge in [-0.1, -0.05) is 12.1 Å². The molecule has 1 aliphatic rings. The van der Waals surface area contributed by atoms with E-state index in [1.165, 1.54) is 18.2 Å². The minimum Gasteiger partial charge on any atom is -0.497 e. The second-order valence-electron chi connectivity index (χ2n) is 6.55. The summed E-state index contributed by atoms with van der Waals surface area (Å²) >= 11 is 0. The highest BCUT2D eigenvalue weighted by Crippen LogP contribution is 2.29. The number of benzene rings is 2. The van der Waals surface area contributed by atoms with Crippen LogP contribution in [0.25, 0.3) is 0 Å². The molecule has 0 amide bonds. The largest absolute Gasteiger partial charge is 0.497 e. The van der Waals surface area contributed by atoms with Gasteiger partial charge >= 0.3 is 0 Å². The lowest BCUT2D eigenvalue weighted by atomic mass is 10.0. The SMILES string of the molecule is COc1ccc(Cc2cc(F)ccc2OC2OC(CO)C(F)C(O)C2O)cc1. The maximum absolute atomic E-state index is 13.9. The van der Waals surface area contributed by atoms with Crippen LogP contribution in [0.15, 0.2) is 42.5 Å². The van der Waals surface area contributed by atoms with Crippen LogP contribution in [0.3, 0.4) is 0 Å². The van der Waals surface area contributed by atoms with Gasteiger partial charge in [0.1, 0.15) is 35.6 Å². The van der Waals surface area contributed by atoms with E-state index in [-0.39, 0.29) is 5.75 Å². The van der Waals surface area contributed by atoms with Crippen molar-refractivity contribution in [2.45, 2.75) is 37.2 Å². The first-order chi connectivity index (χ1) is 13.4. The van der Waals surface area contributed by atoms with Crippen molar-refractivity contribution in [3.8, 4) is 11.5 Å². The third-order valence-electron chi connectivity index (χ3n) is 4.62. The number of ether oxygens (including phenoxy) is 3. The minimum atomic E-state index is -1.95. The molecule has 2 aromatic carbocycles. The summed E-state index contributed by atoms with van der Waals surface area (Å²) in [5.74, 6) is 0.420. The Hall–Kier alpha value is -2.26. The van der Waals surface area contributed by atoms with E-state index in [0.29, 0.717) is 17.7 Å². The number of rotatable bonds is 6. The average molecular weight is 396 g/mol. The van der Waals surface area contributed by atoms with E-state index in [0.717, 1.165) is 5.56 Å². The number of hydrogen-bond acceptors (Lipinski definition) is 6. The lowest BCUT2D eigenvalue weighted by molar-refractivity contribution is -0.265. The van der Waals surface area contributed by atoms with Crippen molar-refractivity contribution in [2.75, 3.05) is 13.7 Å². The van der Waals surface area contributed by atoms with Gasteiger partial charge < -0.3 is 29.5 Å². The number of methoxy groups -OCH3 is 1. The van der Waals surface area contributed by atoms with Crippen LogP contribution in [0.1, 0.15) is 11.1 Å². The number of halogens is 2. The van der Waals surface area contributed by atoms with Gasteiger partial charge in [-0.05, 0) is 35.9 Å². The van der Waals surface area contributed by atoms with Gasteiger partial charge in [-0.3, -0.25) is 0 Å². The predicted molar refractivity (Wildman–Crippen MR) is 95.5 cm³/mol. The fourth-order valence-corrected chi connectivity index (χ4v) is 3.03. The van der Waals surface area contributed by atoms with Crippen LogP contribution in [0.5, 0.6) is 11.5 Å². The van der Waals surface area contributed by atoms with Crippen molar-refractivity contribution in [1.29, 1.82) is 0 Å². The molecule has 1 heterocycles. The summed E-state index contributed by atoms with van der Waals surface area (Å²) in [6.45, 7) is -0.688. The van der Waals surface area contributed by atoms with Gasteiger partial charge in [0.05, 0.1) is 13.7 Å².